The standard InChI is InChI=1S/C13H17/c1-4-5-6-12-7-9-13(10-8-12)11(2)3/h4-5,7-11H,1,6H2,2-3H3. The van der Waals surface area contributed by atoms with Gasteiger partial charge in [-0.2, -0.15) is 0 Å². The molecular formula is C13H17. The number of benzene rings is 1. The van der Waals surface area contributed by atoms with E-state index in [2.05, 4.69) is 51.1 Å². The van der Waals surface area contributed by atoms with Crippen LogP contribution in [0.3, 0.4) is 0 Å². The highest BCUT2D eigenvalue weighted by Crippen LogP contribution is 2.14. The smallest absolute Gasteiger partial charge is 0.00975 e. The molecule has 0 bridgehead atoms. The summed E-state index contributed by atoms with van der Waals surface area (Å²) in [6.07, 6.45) is 4.91. The Hall–Kier alpha value is -1.04. The van der Waals surface area contributed by atoms with Gasteiger partial charge in [-0.05, 0) is 30.4 Å². The second kappa shape index (κ2) is 4.86. The molecule has 0 atom stereocenters. The fourth-order valence-electron chi connectivity index (χ4n) is 1.26. The maximum absolute atomic E-state index is 3.67. The van der Waals surface area contributed by atoms with Gasteiger partial charge in [-0.1, -0.05) is 50.3 Å². The molecule has 13 heavy (non-hydrogen) atoms. The van der Waals surface area contributed by atoms with Crippen molar-refractivity contribution in [2.45, 2.75) is 26.2 Å². The Bertz CT molecular complexity index is 265. The topological polar surface area (TPSA) is 0 Å². The van der Waals surface area contributed by atoms with Crippen LogP contribution in [0, 0.1) is 6.92 Å². The molecule has 0 heterocycles. The van der Waals surface area contributed by atoms with Gasteiger partial charge in [-0.15, -0.1) is 0 Å². The maximum Gasteiger partial charge on any atom is -0.00975 e. The van der Waals surface area contributed by atoms with Crippen LogP contribution < -0.4 is 0 Å². The van der Waals surface area contributed by atoms with Crippen LogP contribution in [0.15, 0.2) is 36.4 Å². The number of rotatable bonds is 3. The fourth-order valence-corrected chi connectivity index (χ4v) is 1.26. The lowest BCUT2D eigenvalue weighted by Gasteiger charge is -2.05. The van der Waals surface area contributed by atoms with Crippen molar-refractivity contribution in [3.8, 4) is 0 Å². The first-order chi connectivity index (χ1) is 6.24. The Kier molecular flexibility index (Phi) is 3.75. The van der Waals surface area contributed by atoms with Crippen molar-refractivity contribution in [2.24, 2.45) is 0 Å². The zero-order valence-electron chi connectivity index (χ0n) is 8.46. The van der Waals surface area contributed by atoms with Gasteiger partial charge < -0.3 is 0 Å². The molecule has 0 N–H and O–H groups in total. The average molecular weight is 173 g/mol. The first-order valence-corrected chi connectivity index (χ1v) is 4.77. The molecule has 0 aliphatic carbocycles. The van der Waals surface area contributed by atoms with E-state index in [1.54, 1.807) is 0 Å². The van der Waals surface area contributed by atoms with Gasteiger partial charge in [0.25, 0.3) is 0 Å². The Labute approximate surface area is 81.3 Å². The van der Waals surface area contributed by atoms with E-state index < -0.39 is 0 Å². The Balaban J connectivity index is 2.69. The van der Waals surface area contributed by atoms with Gasteiger partial charge in [0.2, 0.25) is 0 Å². The lowest BCUT2D eigenvalue weighted by atomic mass is 10.0. The summed E-state index contributed by atoms with van der Waals surface area (Å²) in [6.45, 7) is 8.09. The van der Waals surface area contributed by atoms with Crippen molar-refractivity contribution in [3.63, 3.8) is 0 Å². The lowest BCUT2D eigenvalue weighted by molar-refractivity contribution is 0.865. The molecule has 0 unspecified atom stereocenters. The molecule has 1 radical (unpaired) electrons. The molecule has 0 saturated carbocycles. The third-order valence-corrected chi connectivity index (χ3v) is 2.17. The number of hydrogen-bond acceptors (Lipinski definition) is 0. The molecule has 1 aromatic rings. The second-order valence-electron chi connectivity index (χ2n) is 3.57. The van der Waals surface area contributed by atoms with Crippen molar-refractivity contribution in [3.05, 3.63) is 54.5 Å². The SMILES string of the molecule is [CH2]C=CCc1ccc(C(C)C)cc1. The van der Waals surface area contributed by atoms with E-state index in [-0.39, 0.29) is 0 Å². The first kappa shape index (κ1) is 10.0. The van der Waals surface area contributed by atoms with Crippen LogP contribution in [0.2, 0.25) is 0 Å². The van der Waals surface area contributed by atoms with E-state index in [1.807, 2.05) is 6.08 Å². The fraction of sp³-hybridized carbons (Fsp3) is 0.308. The molecule has 69 valence electrons. The Morgan fingerprint density at radius 3 is 2.31 bits per heavy atom. The summed E-state index contributed by atoms with van der Waals surface area (Å²) < 4.78 is 0. The van der Waals surface area contributed by atoms with Crippen LogP contribution in [0.25, 0.3) is 0 Å². The van der Waals surface area contributed by atoms with Gasteiger partial charge in [0.1, 0.15) is 0 Å². The third-order valence-electron chi connectivity index (χ3n) is 2.17. The van der Waals surface area contributed by atoms with Crippen LogP contribution in [0.1, 0.15) is 30.9 Å². The Morgan fingerprint density at radius 1 is 1.23 bits per heavy atom. The van der Waals surface area contributed by atoms with Crippen molar-refractivity contribution in [1.82, 2.24) is 0 Å². The summed E-state index contributed by atoms with van der Waals surface area (Å²) in [5.41, 5.74) is 2.76. The molecule has 0 saturated heterocycles. The van der Waals surface area contributed by atoms with Crippen LogP contribution in [0.4, 0.5) is 0 Å². The van der Waals surface area contributed by atoms with Gasteiger partial charge >= 0.3 is 0 Å². The van der Waals surface area contributed by atoms with E-state index in [1.165, 1.54) is 11.1 Å². The van der Waals surface area contributed by atoms with Gasteiger partial charge in [0, 0.05) is 0 Å². The summed E-state index contributed by atoms with van der Waals surface area (Å²) in [7, 11) is 0. The second-order valence-corrected chi connectivity index (χ2v) is 3.57. The van der Waals surface area contributed by atoms with E-state index in [0.717, 1.165) is 6.42 Å². The summed E-state index contributed by atoms with van der Waals surface area (Å²) in [4.78, 5) is 0. The number of allylic oxidation sites excluding steroid dienone is 2. The van der Waals surface area contributed by atoms with Gasteiger partial charge in [-0.25, -0.2) is 0 Å². The van der Waals surface area contributed by atoms with E-state index in [9.17, 15) is 0 Å². The summed E-state index contributed by atoms with van der Waals surface area (Å²) in [6, 6.07) is 8.79. The minimum absolute atomic E-state index is 0.623. The minimum atomic E-state index is 0.623. The highest BCUT2D eigenvalue weighted by Gasteiger charge is 1.97. The van der Waals surface area contributed by atoms with Crippen molar-refractivity contribution in [1.29, 1.82) is 0 Å². The molecule has 1 aromatic carbocycles. The van der Waals surface area contributed by atoms with Crippen molar-refractivity contribution in [2.75, 3.05) is 0 Å². The van der Waals surface area contributed by atoms with E-state index >= 15 is 0 Å². The molecule has 0 nitrogen and oxygen atoms in total. The summed E-state index contributed by atoms with van der Waals surface area (Å²) in [5, 5.41) is 0. The van der Waals surface area contributed by atoms with Crippen molar-refractivity contribution < 1.29 is 0 Å². The molecule has 0 aliphatic rings. The minimum Gasteiger partial charge on any atom is -0.0879 e. The monoisotopic (exact) mass is 173 g/mol. The predicted octanol–water partition coefficient (Wildman–Crippen LogP) is 3.74. The van der Waals surface area contributed by atoms with E-state index in [4.69, 9.17) is 0 Å². The molecule has 0 spiro atoms. The third kappa shape index (κ3) is 3.06. The zero-order valence-corrected chi connectivity index (χ0v) is 8.46. The quantitative estimate of drug-likeness (QED) is 0.653. The molecular weight excluding hydrogens is 156 g/mol. The van der Waals surface area contributed by atoms with Gasteiger partial charge in [0.05, 0.1) is 0 Å². The lowest BCUT2D eigenvalue weighted by Crippen LogP contribution is -1.87. The van der Waals surface area contributed by atoms with E-state index in [0.29, 0.717) is 5.92 Å². The Morgan fingerprint density at radius 2 is 1.85 bits per heavy atom. The first-order valence-electron chi connectivity index (χ1n) is 4.77. The van der Waals surface area contributed by atoms with Crippen LogP contribution in [-0.4, -0.2) is 0 Å². The summed E-state index contributed by atoms with van der Waals surface area (Å²) in [5.74, 6) is 0.623. The summed E-state index contributed by atoms with van der Waals surface area (Å²) >= 11 is 0. The number of hydrogen-bond donors (Lipinski definition) is 0. The molecule has 0 heteroatoms. The van der Waals surface area contributed by atoms with Crippen LogP contribution >= 0.6 is 0 Å². The highest BCUT2D eigenvalue weighted by molar-refractivity contribution is 5.26. The normalized spacial score (nSPS) is 11.4. The van der Waals surface area contributed by atoms with Gasteiger partial charge in [-0.3, -0.25) is 0 Å². The zero-order chi connectivity index (χ0) is 9.68. The molecule has 1 rings (SSSR count). The highest BCUT2D eigenvalue weighted by atomic mass is 14.0. The molecule has 0 amide bonds. The predicted molar refractivity (Wildman–Crippen MR) is 58.7 cm³/mol. The molecule has 0 aromatic heterocycles. The van der Waals surface area contributed by atoms with Crippen molar-refractivity contribution >= 4 is 0 Å². The van der Waals surface area contributed by atoms with Gasteiger partial charge in [0.15, 0.2) is 0 Å². The van der Waals surface area contributed by atoms with Crippen LogP contribution in [0.5, 0.6) is 0 Å². The maximum atomic E-state index is 3.67. The van der Waals surface area contributed by atoms with Crippen LogP contribution in [-0.2, 0) is 6.42 Å². The largest absolute Gasteiger partial charge is 0.0879 e. The average Bonchev–Trinajstić information content (AvgIpc) is 2.15. The molecule has 0 aliphatic heterocycles. The molecule has 0 fully saturated rings.